The molecule has 1 heterocycles. The van der Waals surface area contributed by atoms with Crippen molar-refractivity contribution in [2.45, 2.75) is 33.2 Å². The van der Waals surface area contributed by atoms with Crippen LogP contribution in [-0.2, 0) is 0 Å². The largest absolute Gasteiger partial charge is 0.493 e. The van der Waals surface area contributed by atoms with E-state index >= 15 is 0 Å². The van der Waals surface area contributed by atoms with Crippen molar-refractivity contribution >= 4 is 11.4 Å². The lowest BCUT2D eigenvalue weighted by Crippen LogP contribution is -2.06. The smallest absolute Gasteiger partial charge is 0.126 e. The maximum Gasteiger partial charge on any atom is 0.126 e. The summed E-state index contributed by atoms with van der Waals surface area (Å²) in [6.07, 6.45) is 0.972. The van der Waals surface area contributed by atoms with Crippen LogP contribution in [0.5, 0.6) is 5.75 Å². The third-order valence-corrected chi connectivity index (χ3v) is 2.97. The van der Waals surface area contributed by atoms with Crippen molar-refractivity contribution < 1.29 is 9.15 Å². The van der Waals surface area contributed by atoms with E-state index in [9.17, 15) is 0 Å². The molecular weight excluding hydrogens is 252 g/mol. The van der Waals surface area contributed by atoms with E-state index in [0.717, 1.165) is 29.4 Å². The molecule has 0 spiro atoms. The fourth-order valence-corrected chi connectivity index (χ4v) is 2.02. The standard InChI is InChI=1S/C16H22N2O2/c1-4-7-19-15-9-13(17)8-14(10-15)18-12(3)16-6-5-11(2)20-16/h5-6,8-10,12,18H,4,7,17H2,1-3H3. The molecule has 0 bridgehead atoms. The minimum absolute atomic E-state index is 0.0736. The predicted octanol–water partition coefficient (Wildman–Crippen LogP) is 4.13. The monoisotopic (exact) mass is 274 g/mol. The molecule has 4 nitrogen and oxygen atoms in total. The molecule has 0 fully saturated rings. The predicted molar refractivity (Wildman–Crippen MR) is 82.1 cm³/mol. The zero-order valence-corrected chi connectivity index (χ0v) is 12.3. The van der Waals surface area contributed by atoms with Gasteiger partial charge in [0, 0.05) is 23.5 Å². The number of anilines is 2. The van der Waals surface area contributed by atoms with E-state index in [2.05, 4.69) is 12.2 Å². The molecule has 2 aromatic rings. The second kappa shape index (κ2) is 6.37. The number of rotatable bonds is 6. The fraction of sp³-hybridized carbons (Fsp3) is 0.375. The summed E-state index contributed by atoms with van der Waals surface area (Å²) < 4.78 is 11.2. The number of nitrogen functional groups attached to an aromatic ring is 1. The molecule has 0 aliphatic carbocycles. The normalized spacial score (nSPS) is 12.2. The van der Waals surface area contributed by atoms with E-state index in [1.54, 1.807) is 0 Å². The number of hydrogen-bond donors (Lipinski definition) is 2. The van der Waals surface area contributed by atoms with E-state index in [4.69, 9.17) is 14.9 Å². The van der Waals surface area contributed by atoms with Gasteiger partial charge in [-0.15, -0.1) is 0 Å². The van der Waals surface area contributed by atoms with Gasteiger partial charge in [-0.05, 0) is 38.5 Å². The molecule has 0 amide bonds. The molecule has 2 rings (SSSR count). The molecule has 1 unspecified atom stereocenters. The fourth-order valence-electron chi connectivity index (χ4n) is 2.02. The zero-order valence-electron chi connectivity index (χ0n) is 12.3. The number of aryl methyl sites for hydroxylation is 1. The first-order valence-corrected chi connectivity index (χ1v) is 6.94. The molecule has 0 saturated carbocycles. The molecule has 1 atom stereocenters. The van der Waals surface area contributed by atoms with Crippen LogP contribution in [0, 0.1) is 6.92 Å². The summed E-state index contributed by atoms with van der Waals surface area (Å²) in [7, 11) is 0. The van der Waals surface area contributed by atoms with Gasteiger partial charge in [-0.1, -0.05) is 6.92 Å². The third-order valence-electron chi connectivity index (χ3n) is 2.97. The van der Waals surface area contributed by atoms with Crippen molar-refractivity contribution in [3.8, 4) is 5.75 Å². The van der Waals surface area contributed by atoms with E-state index in [-0.39, 0.29) is 6.04 Å². The second-order valence-corrected chi connectivity index (χ2v) is 4.95. The number of nitrogens with one attached hydrogen (secondary N) is 1. The van der Waals surface area contributed by atoms with Gasteiger partial charge in [0.2, 0.25) is 0 Å². The van der Waals surface area contributed by atoms with Crippen molar-refractivity contribution in [1.29, 1.82) is 0 Å². The Morgan fingerprint density at radius 1 is 1.30 bits per heavy atom. The highest BCUT2D eigenvalue weighted by molar-refractivity contribution is 5.59. The maximum atomic E-state index is 5.91. The highest BCUT2D eigenvalue weighted by atomic mass is 16.5. The van der Waals surface area contributed by atoms with Crippen molar-refractivity contribution in [1.82, 2.24) is 0 Å². The molecule has 0 aliphatic heterocycles. The molecule has 1 aromatic heterocycles. The molecule has 4 heteroatoms. The number of hydrogen-bond acceptors (Lipinski definition) is 4. The van der Waals surface area contributed by atoms with Crippen molar-refractivity contribution in [3.05, 3.63) is 41.9 Å². The van der Waals surface area contributed by atoms with Crippen LogP contribution in [0.1, 0.15) is 37.8 Å². The Labute approximate surface area is 119 Å². The molecule has 0 radical (unpaired) electrons. The van der Waals surface area contributed by atoms with Crippen LogP contribution < -0.4 is 15.8 Å². The van der Waals surface area contributed by atoms with Gasteiger partial charge in [0.1, 0.15) is 17.3 Å². The first-order chi connectivity index (χ1) is 9.58. The summed E-state index contributed by atoms with van der Waals surface area (Å²) in [6, 6.07) is 9.70. The summed E-state index contributed by atoms with van der Waals surface area (Å²) in [5.41, 5.74) is 7.52. The van der Waals surface area contributed by atoms with Crippen LogP contribution in [0.4, 0.5) is 11.4 Å². The summed E-state index contributed by atoms with van der Waals surface area (Å²) in [4.78, 5) is 0. The van der Waals surface area contributed by atoms with Gasteiger partial charge in [-0.3, -0.25) is 0 Å². The summed E-state index contributed by atoms with van der Waals surface area (Å²) >= 11 is 0. The van der Waals surface area contributed by atoms with Gasteiger partial charge in [-0.25, -0.2) is 0 Å². The van der Waals surface area contributed by atoms with Crippen LogP contribution in [0.15, 0.2) is 34.7 Å². The Balaban J connectivity index is 2.10. The molecule has 0 aliphatic rings. The van der Waals surface area contributed by atoms with Crippen molar-refractivity contribution in [3.63, 3.8) is 0 Å². The van der Waals surface area contributed by atoms with E-state index in [1.807, 2.05) is 44.2 Å². The number of nitrogens with two attached hydrogens (primary N) is 1. The highest BCUT2D eigenvalue weighted by Gasteiger charge is 2.10. The van der Waals surface area contributed by atoms with Crippen LogP contribution in [0.25, 0.3) is 0 Å². The third kappa shape index (κ3) is 3.70. The van der Waals surface area contributed by atoms with E-state index < -0.39 is 0 Å². The van der Waals surface area contributed by atoms with Crippen LogP contribution >= 0.6 is 0 Å². The molecule has 20 heavy (non-hydrogen) atoms. The minimum Gasteiger partial charge on any atom is -0.493 e. The zero-order chi connectivity index (χ0) is 14.5. The Bertz CT molecular complexity index is 563. The second-order valence-electron chi connectivity index (χ2n) is 4.95. The average molecular weight is 274 g/mol. The molecular formula is C16H22N2O2. The lowest BCUT2D eigenvalue weighted by molar-refractivity contribution is 0.317. The minimum atomic E-state index is 0.0736. The topological polar surface area (TPSA) is 60.4 Å². The van der Waals surface area contributed by atoms with Gasteiger partial charge in [0.15, 0.2) is 0 Å². The summed E-state index contributed by atoms with van der Waals surface area (Å²) in [5, 5.41) is 3.38. The number of ether oxygens (including phenoxy) is 1. The van der Waals surface area contributed by atoms with E-state index in [1.165, 1.54) is 0 Å². The average Bonchev–Trinajstić information content (AvgIpc) is 2.82. The first kappa shape index (κ1) is 14.3. The van der Waals surface area contributed by atoms with Crippen molar-refractivity contribution in [2.75, 3.05) is 17.7 Å². The van der Waals surface area contributed by atoms with Crippen LogP contribution in [0.2, 0.25) is 0 Å². The van der Waals surface area contributed by atoms with Crippen molar-refractivity contribution in [2.24, 2.45) is 0 Å². The highest BCUT2D eigenvalue weighted by Crippen LogP contribution is 2.27. The number of benzene rings is 1. The van der Waals surface area contributed by atoms with Gasteiger partial charge < -0.3 is 20.2 Å². The quantitative estimate of drug-likeness (QED) is 0.777. The Morgan fingerprint density at radius 3 is 2.75 bits per heavy atom. The Kier molecular flexibility index (Phi) is 4.56. The Morgan fingerprint density at radius 2 is 2.10 bits per heavy atom. The first-order valence-electron chi connectivity index (χ1n) is 6.94. The van der Waals surface area contributed by atoms with Crippen LogP contribution in [-0.4, -0.2) is 6.61 Å². The maximum absolute atomic E-state index is 5.91. The lowest BCUT2D eigenvalue weighted by Gasteiger charge is -2.15. The molecule has 108 valence electrons. The molecule has 0 saturated heterocycles. The Hall–Kier alpha value is -2.10. The lowest BCUT2D eigenvalue weighted by atomic mass is 10.2. The number of furan rings is 1. The summed E-state index contributed by atoms with van der Waals surface area (Å²) in [6.45, 7) is 6.75. The van der Waals surface area contributed by atoms with Gasteiger partial charge in [0.25, 0.3) is 0 Å². The van der Waals surface area contributed by atoms with Crippen LogP contribution in [0.3, 0.4) is 0 Å². The molecule has 3 N–H and O–H groups in total. The van der Waals surface area contributed by atoms with Gasteiger partial charge in [-0.2, -0.15) is 0 Å². The SMILES string of the molecule is CCCOc1cc(N)cc(NC(C)c2ccc(C)o2)c1. The molecule has 1 aromatic carbocycles. The van der Waals surface area contributed by atoms with Gasteiger partial charge >= 0.3 is 0 Å². The summed E-state index contributed by atoms with van der Waals surface area (Å²) in [5.74, 6) is 2.60. The van der Waals surface area contributed by atoms with E-state index in [0.29, 0.717) is 12.3 Å². The van der Waals surface area contributed by atoms with Gasteiger partial charge in [0.05, 0.1) is 12.6 Å².